The van der Waals surface area contributed by atoms with E-state index in [1.165, 1.54) is 0 Å². The van der Waals surface area contributed by atoms with Gasteiger partial charge in [0.05, 0.1) is 16.8 Å². The summed E-state index contributed by atoms with van der Waals surface area (Å²) in [4.78, 5) is 18.6. The average Bonchev–Trinajstić information content (AvgIpc) is 3.10. The monoisotopic (exact) mass is 293 g/mol. The Hall–Kier alpha value is -1.73. The zero-order valence-corrected chi connectivity index (χ0v) is 11.9. The second kappa shape index (κ2) is 4.99. The molecule has 106 valence electrons. The van der Waals surface area contributed by atoms with Crippen LogP contribution in [-0.2, 0) is 11.3 Å². The van der Waals surface area contributed by atoms with E-state index in [0.29, 0.717) is 31.2 Å². The Balaban J connectivity index is 1.66. The second-order valence-electron chi connectivity index (χ2n) is 5.32. The van der Waals surface area contributed by atoms with Crippen LogP contribution in [0.3, 0.4) is 0 Å². The molecule has 0 aliphatic carbocycles. The fraction of sp³-hybridized carbons (Fsp3) is 0.462. The molecule has 1 unspecified atom stereocenters. The lowest BCUT2D eigenvalue weighted by molar-refractivity contribution is -0.147. The molecule has 2 aromatic rings. The lowest BCUT2D eigenvalue weighted by atomic mass is 9.90. The van der Waals surface area contributed by atoms with Crippen LogP contribution in [-0.4, -0.2) is 39.2 Å². The number of thiophene rings is 1. The SMILES string of the molecule is CC1(C(=O)O)CCN(Cc2nc(-c3cccs3)no2)C1. The van der Waals surface area contributed by atoms with Crippen LogP contribution in [0.25, 0.3) is 10.7 Å². The summed E-state index contributed by atoms with van der Waals surface area (Å²) in [6.45, 7) is 3.53. The van der Waals surface area contributed by atoms with Crippen molar-refractivity contribution >= 4 is 17.3 Å². The third-order valence-corrected chi connectivity index (χ3v) is 4.50. The van der Waals surface area contributed by atoms with Crippen molar-refractivity contribution in [3.8, 4) is 10.7 Å². The predicted octanol–water partition coefficient (Wildman–Crippen LogP) is 2.09. The molecule has 7 heteroatoms. The number of hydrogen-bond acceptors (Lipinski definition) is 6. The maximum Gasteiger partial charge on any atom is 0.310 e. The maximum absolute atomic E-state index is 11.2. The lowest BCUT2D eigenvalue weighted by Gasteiger charge is -2.18. The Morgan fingerprint density at radius 3 is 3.15 bits per heavy atom. The van der Waals surface area contributed by atoms with E-state index >= 15 is 0 Å². The lowest BCUT2D eigenvalue weighted by Crippen LogP contribution is -2.31. The number of carboxylic acids is 1. The van der Waals surface area contributed by atoms with Crippen LogP contribution in [0.2, 0.25) is 0 Å². The van der Waals surface area contributed by atoms with Crippen molar-refractivity contribution in [2.24, 2.45) is 5.41 Å². The van der Waals surface area contributed by atoms with Crippen LogP contribution in [0.15, 0.2) is 22.0 Å². The van der Waals surface area contributed by atoms with Gasteiger partial charge in [-0.15, -0.1) is 11.3 Å². The van der Waals surface area contributed by atoms with Crippen LogP contribution in [0.5, 0.6) is 0 Å². The largest absolute Gasteiger partial charge is 0.481 e. The average molecular weight is 293 g/mol. The molecule has 1 aliphatic heterocycles. The van der Waals surface area contributed by atoms with Crippen molar-refractivity contribution in [3.63, 3.8) is 0 Å². The fourth-order valence-corrected chi connectivity index (χ4v) is 3.03. The first-order chi connectivity index (χ1) is 9.57. The Bertz CT molecular complexity index is 610. The van der Waals surface area contributed by atoms with Gasteiger partial charge in [-0.2, -0.15) is 4.98 Å². The Morgan fingerprint density at radius 1 is 1.65 bits per heavy atom. The van der Waals surface area contributed by atoms with Gasteiger partial charge in [0.15, 0.2) is 0 Å². The molecule has 1 aliphatic rings. The van der Waals surface area contributed by atoms with Gasteiger partial charge in [-0.1, -0.05) is 11.2 Å². The summed E-state index contributed by atoms with van der Waals surface area (Å²) in [7, 11) is 0. The smallest absolute Gasteiger partial charge is 0.310 e. The zero-order valence-electron chi connectivity index (χ0n) is 11.1. The van der Waals surface area contributed by atoms with Crippen molar-refractivity contribution in [3.05, 3.63) is 23.4 Å². The van der Waals surface area contributed by atoms with Crippen molar-refractivity contribution in [1.29, 1.82) is 0 Å². The molecule has 1 fully saturated rings. The van der Waals surface area contributed by atoms with Gasteiger partial charge in [-0.25, -0.2) is 0 Å². The van der Waals surface area contributed by atoms with Gasteiger partial charge >= 0.3 is 5.97 Å². The first-order valence-electron chi connectivity index (χ1n) is 6.39. The highest BCUT2D eigenvalue weighted by Gasteiger charge is 2.40. The summed E-state index contributed by atoms with van der Waals surface area (Å²) >= 11 is 1.56. The van der Waals surface area contributed by atoms with Crippen molar-refractivity contribution in [2.45, 2.75) is 19.9 Å². The van der Waals surface area contributed by atoms with Crippen molar-refractivity contribution < 1.29 is 14.4 Å². The summed E-state index contributed by atoms with van der Waals surface area (Å²) in [5, 5.41) is 15.1. The highest BCUT2D eigenvalue weighted by Crippen LogP contribution is 2.31. The van der Waals surface area contributed by atoms with E-state index in [4.69, 9.17) is 4.52 Å². The number of hydrogen-bond donors (Lipinski definition) is 1. The molecular formula is C13H15N3O3S. The standard InChI is InChI=1S/C13H15N3O3S/c1-13(12(17)18)4-5-16(8-13)7-10-14-11(15-19-10)9-3-2-6-20-9/h2-3,6H,4-5,7-8H2,1H3,(H,17,18). The van der Waals surface area contributed by atoms with Gasteiger partial charge in [0.1, 0.15) is 0 Å². The number of aliphatic carboxylic acids is 1. The number of carbonyl (C=O) groups is 1. The summed E-state index contributed by atoms with van der Waals surface area (Å²) in [6.07, 6.45) is 0.647. The third kappa shape index (κ3) is 2.46. The highest BCUT2D eigenvalue weighted by molar-refractivity contribution is 7.13. The zero-order chi connectivity index (χ0) is 14.2. The molecule has 0 aromatic carbocycles. The Labute approximate surface area is 120 Å². The predicted molar refractivity (Wildman–Crippen MR) is 73.2 cm³/mol. The van der Waals surface area contributed by atoms with Crippen LogP contribution >= 0.6 is 11.3 Å². The number of carboxylic acid groups (broad SMARTS) is 1. The fourth-order valence-electron chi connectivity index (χ4n) is 2.38. The van der Waals surface area contributed by atoms with E-state index in [0.717, 1.165) is 11.4 Å². The summed E-state index contributed by atoms with van der Waals surface area (Å²) in [5.41, 5.74) is -0.670. The highest BCUT2D eigenvalue weighted by atomic mass is 32.1. The van der Waals surface area contributed by atoms with Crippen LogP contribution < -0.4 is 0 Å². The molecule has 6 nitrogen and oxygen atoms in total. The molecule has 0 spiro atoms. The van der Waals surface area contributed by atoms with E-state index in [-0.39, 0.29) is 0 Å². The van der Waals surface area contributed by atoms with Gasteiger partial charge in [0, 0.05) is 6.54 Å². The number of rotatable bonds is 4. The van der Waals surface area contributed by atoms with Gasteiger partial charge in [0.25, 0.3) is 0 Å². The number of aromatic nitrogens is 2. The number of nitrogens with zero attached hydrogens (tertiary/aromatic N) is 3. The molecule has 3 heterocycles. The van der Waals surface area contributed by atoms with Gasteiger partial charge < -0.3 is 9.63 Å². The summed E-state index contributed by atoms with van der Waals surface area (Å²) in [6, 6.07) is 3.88. The summed E-state index contributed by atoms with van der Waals surface area (Å²) in [5.74, 6) is 0.378. The molecule has 0 amide bonds. The second-order valence-corrected chi connectivity index (χ2v) is 6.26. The normalized spacial score (nSPS) is 23.2. The minimum absolute atomic E-state index is 0.501. The van der Waals surface area contributed by atoms with Gasteiger partial charge in [0.2, 0.25) is 11.7 Å². The third-order valence-electron chi connectivity index (χ3n) is 3.64. The molecule has 1 N–H and O–H groups in total. The van der Waals surface area contributed by atoms with Crippen molar-refractivity contribution in [1.82, 2.24) is 15.0 Å². The summed E-state index contributed by atoms with van der Waals surface area (Å²) < 4.78 is 5.24. The molecule has 3 rings (SSSR count). The molecular weight excluding hydrogens is 278 g/mol. The quantitative estimate of drug-likeness (QED) is 0.930. The van der Waals surface area contributed by atoms with Crippen LogP contribution in [0.1, 0.15) is 19.2 Å². The first-order valence-corrected chi connectivity index (χ1v) is 7.27. The molecule has 1 saturated heterocycles. The van der Waals surface area contributed by atoms with Crippen LogP contribution in [0.4, 0.5) is 0 Å². The molecule has 0 radical (unpaired) electrons. The molecule has 0 bridgehead atoms. The minimum atomic E-state index is -0.746. The van der Waals surface area contributed by atoms with E-state index < -0.39 is 11.4 Å². The topological polar surface area (TPSA) is 79.5 Å². The van der Waals surface area contributed by atoms with E-state index in [1.54, 1.807) is 18.3 Å². The van der Waals surface area contributed by atoms with Crippen LogP contribution in [0, 0.1) is 5.41 Å². The molecule has 2 aromatic heterocycles. The minimum Gasteiger partial charge on any atom is -0.481 e. The van der Waals surface area contributed by atoms with E-state index in [2.05, 4.69) is 10.1 Å². The van der Waals surface area contributed by atoms with Gasteiger partial charge in [-0.05, 0) is 31.3 Å². The maximum atomic E-state index is 11.2. The van der Waals surface area contributed by atoms with Gasteiger partial charge in [-0.3, -0.25) is 9.69 Å². The number of likely N-dealkylation sites (tertiary alicyclic amines) is 1. The van der Waals surface area contributed by atoms with Crippen molar-refractivity contribution in [2.75, 3.05) is 13.1 Å². The Morgan fingerprint density at radius 2 is 2.50 bits per heavy atom. The molecule has 20 heavy (non-hydrogen) atoms. The first kappa shape index (κ1) is 13.3. The Kier molecular flexibility index (Phi) is 3.31. The van der Waals surface area contributed by atoms with E-state index in [1.807, 2.05) is 22.4 Å². The van der Waals surface area contributed by atoms with E-state index in [9.17, 15) is 9.90 Å². The molecule has 1 atom stereocenters. The molecule has 0 saturated carbocycles.